The van der Waals surface area contributed by atoms with Gasteiger partial charge in [0.1, 0.15) is 22.0 Å². The van der Waals surface area contributed by atoms with Gasteiger partial charge in [-0.1, -0.05) is 17.7 Å². The Labute approximate surface area is 193 Å². The number of halogens is 3. The van der Waals surface area contributed by atoms with Crippen LogP contribution in [0.15, 0.2) is 59.6 Å². The molecule has 8 nitrogen and oxygen atoms in total. The van der Waals surface area contributed by atoms with Gasteiger partial charge in [-0.3, -0.25) is 4.90 Å². The maximum absolute atomic E-state index is 14.5. The van der Waals surface area contributed by atoms with Crippen molar-refractivity contribution in [1.82, 2.24) is 4.98 Å². The zero-order valence-corrected chi connectivity index (χ0v) is 18.8. The number of carbonyl (C=O) groups is 1. The first-order valence-electron chi connectivity index (χ1n) is 9.36. The van der Waals surface area contributed by atoms with Crippen molar-refractivity contribution in [2.24, 2.45) is 0 Å². The van der Waals surface area contributed by atoms with Crippen LogP contribution in [-0.4, -0.2) is 33.7 Å². The third-order valence-electron chi connectivity index (χ3n) is 4.94. The monoisotopic (exact) mass is 495 g/mol. The van der Waals surface area contributed by atoms with Crippen molar-refractivity contribution in [3.8, 4) is 11.5 Å². The summed E-state index contributed by atoms with van der Waals surface area (Å²) in [7, 11) is -1.72. The van der Waals surface area contributed by atoms with E-state index in [2.05, 4.69) is 4.98 Å². The number of methoxy groups -OCH3 is 2. The van der Waals surface area contributed by atoms with Crippen molar-refractivity contribution in [3.63, 3.8) is 0 Å². The first-order chi connectivity index (χ1) is 15.7. The van der Waals surface area contributed by atoms with Gasteiger partial charge in [0, 0.05) is 12.3 Å². The van der Waals surface area contributed by atoms with Gasteiger partial charge in [-0.2, -0.15) is 4.31 Å². The summed E-state index contributed by atoms with van der Waals surface area (Å²) < 4.78 is 66.5. The van der Waals surface area contributed by atoms with Crippen LogP contribution in [0.25, 0.3) is 0 Å². The Morgan fingerprint density at radius 2 is 1.67 bits per heavy atom. The van der Waals surface area contributed by atoms with Gasteiger partial charge in [0.05, 0.1) is 25.5 Å². The average Bonchev–Trinajstić information content (AvgIpc) is 2.78. The number of benzene rings is 2. The van der Waals surface area contributed by atoms with E-state index in [4.69, 9.17) is 21.1 Å². The Kier molecular flexibility index (Phi) is 5.85. The molecule has 0 N–H and O–H groups in total. The second-order valence-electron chi connectivity index (χ2n) is 6.76. The molecule has 2 aromatic carbocycles. The van der Waals surface area contributed by atoms with Crippen LogP contribution in [0, 0.1) is 11.6 Å². The van der Waals surface area contributed by atoms with Crippen molar-refractivity contribution in [2.75, 3.05) is 23.4 Å². The van der Waals surface area contributed by atoms with E-state index in [9.17, 15) is 22.0 Å². The smallest absolute Gasteiger partial charge is 0.345 e. The van der Waals surface area contributed by atoms with Gasteiger partial charge in [-0.15, -0.1) is 0 Å². The molecule has 0 fully saturated rings. The van der Waals surface area contributed by atoms with Gasteiger partial charge in [0.2, 0.25) is 0 Å². The van der Waals surface area contributed by atoms with Gasteiger partial charge in [0.25, 0.3) is 10.0 Å². The number of fused-ring (bicyclic) bond motifs is 1. The van der Waals surface area contributed by atoms with Crippen LogP contribution in [0.4, 0.5) is 25.1 Å². The minimum absolute atomic E-state index is 0.102. The minimum Gasteiger partial charge on any atom is -0.493 e. The molecule has 1 aliphatic heterocycles. The lowest BCUT2D eigenvalue weighted by molar-refractivity contribution is 0.253. The number of alkyl halides is 1. The van der Waals surface area contributed by atoms with E-state index in [0.29, 0.717) is 10.1 Å². The summed E-state index contributed by atoms with van der Waals surface area (Å²) in [5.74, 6) is -1.92. The number of amides is 2. The normalized spacial score (nSPS) is 15.7. The van der Waals surface area contributed by atoms with E-state index in [1.807, 2.05) is 0 Å². The van der Waals surface area contributed by atoms with Crippen LogP contribution in [0.2, 0.25) is 0 Å². The maximum atomic E-state index is 14.5. The van der Waals surface area contributed by atoms with E-state index in [1.165, 1.54) is 50.7 Å². The molecule has 4 rings (SSSR count). The van der Waals surface area contributed by atoms with Crippen LogP contribution in [0.1, 0.15) is 11.1 Å². The zero-order chi connectivity index (χ0) is 23.9. The summed E-state index contributed by atoms with van der Waals surface area (Å²) in [6.45, 7) is 0. The maximum Gasteiger partial charge on any atom is 0.345 e. The van der Waals surface area contributed by atoms with Gasteiger partial charge < -0.3 is 9.47 Å². The molecule has 12 heteroatoms. The van der Waals surface area contributed by atoms with Crippen LogP contribution >= 0.6 is 11.6 Å². The molecule has 2 heterocycles. The number of hydrogen-bond donors (Lipinski definition) is 0. The predicted octanol–water partition coefficient (Wildman–Crippen LogP) is 4.45. The Balaban J connectivity index is 1.94. The summed E-state index contributed by atoms with van der Waals surface area (Å²) >= 11 is 6.39. The van der Waals surface area contributed by atoms with Gasteiger partial charge >= 0.3 is 6.03 Å². The molecule has 1 aliphatic rings. The molecule has 1 unspecified atom stereocenters. The fourth-order valence-corrected chi connectivity index (χ4v) is 5.32. The van der Waals surface area contributed by atoms with Crippen LogP contribution in [-0.2, 0) is 10.0 Å². The van der Waals surface area contributed by atoms with Crippen molar-refractivity contribution in [1.29, 1.82) is 0 Å². The number of pyridine rings is 1. The molecule has 0 saturated carbocycles. The van der Waals surface area contributed by atoms with Crippen LogP contribution in [0.3, 0.4) is 0 Å². The third kappa shape index (κ3) is 3.62. The molecule has 0 radical (unpaired) electrons. The number of ether oxygens (including phenoxy) is 2. The zero-order valence-electron chi connectivity index (χ0n) is 17.2. The number of rotatable bonds is 5. The fraction of sp³-hybridized carbons (Fsp3) is 0.143. The molecule has 0 aliphatic carbocycles. The number of anilines is 2. The summed E-state index contributed by atoms with van der Waals surface area (Å²) in [5, 5.41) is 0. The first-order valence-corrected chi connectivity index (χ1v) is 11.2. The molecule has 0 bridgehead atoms. The summed E-state index contributed by atoms with van der Waals surface area (Å²) in [4.78, 5) is 17.8. The summed E-state index contributed by atoms with van der Waals surface area (Å²) in [5.41, 5.74) is -2.48. The summed E-state index contributed by atoms with van der Waals surface area (Å²) in [6.07, 6.45) is 1.24. The van der Waals surface area contributed by atoms with Crippen molar-refractivity contribution in [3.05, 3.63) is 71.9 Å². The van der Waals surface area contributed by atoms with Crippen LogP contribution < -0.4 is 18.7 Å². The predicted molar refractivity (Wildman–Crippen MR) is 116 cm³/mol. The van der Waals surface area contributed by atoms with Gasteiger partial charge in [-0.05, 0) is 36.4 Å². The number of nitrogens with zero attached hydrogens (tertiary/aromatic N) is 3. The molecule has 1 atom stereocenters. The third-order valence-corrected chi connectivity index (χ3v) is 7.08. The van der Waals surface area contributed by atoms with Crippen molar-refractivity contribution in [2.45, 2.75) is 10.4 Å². The second kappa shape index (κ2) is 8.49. The molecule has 0 saturated heterocycles. The standard InChI is InChI=1S/C21H16ClF2N3O5S/c1-31-15-9-8-12(11-16(15)32-2)27-21(28)26(19(22)18-13(23)5-3-6-14(18)24)20-17(33(27,29)30)7-4-10-25-20/h3-11,19H,1-2H3. The highest BCUT2D eigenvalue weighted by molar-refractivity contribution is 7.94. The Morgan fingerprint density at radius 3 is 2.30 bits per heavy atom. The first kappa shape index (κ1) is 22.7. The van der Waals surface area contributed by atoms with E-state index < -0.39 is 38.8 Å². The Hall–Kier alpha value is -3.44. The molecular formula is C21H16ClF2N3O5S. The molecule has 172 valence electrons. The molecule has 3 aromatic rings. The van der Waals surface area contributed by atoms with E-state index >= 15 is 0 Å². The van der Waals surface area contributed by atoms with Gasteiger partial charge in [0.15, 0.2) is 17.3 Å². The highest BCUT2D eigenvalue weighted by Crippen LogP contribution is 2.43. The molecule has 0 spiro atoms. The van der Waals surface area contributed by atoms with Crippen LogP contribution in [0.5, 0.6) is 11.5 Å². The highest BCUT2D eigenvalue weighted by atomic mass is 35.5. The minimum atomic E-state index is -4.46. The largest absolute Gasteiger partial charge is 0.493 e. The Bertz CT molecular complexity index is 1340. The Morgan fingerprint density at radius 1 is 1.00 bits per heavy atom. The van der Waals surface area contributed by atoms with Crippen molar-refractivity contribution >= 4 is 39.2 Å². The van der Waals surface area contributed by atoms with E-state index in [0.717, 1.165) is 23.1 Å². The summed E-state index contributed by atoms with van der Waals surface area (Å²) in [6, 6.07) is 8.49. The number of aromatic nitrogens is 1. The SMILES string of the molecule is COc1ccc(N2C(=O)N(C(Cl)c3c(F)cccc3F)c3ncccc3S2(=O)=O)cc1OC. The highest BCUT2D eigenvalue weighted by Gasteiger charge is 2.47. The van der Waals surface area contributed by atoms with Crippen molar-refractivity contribution < 1.29 is 31.5 Å². The quantitative estimate of drug-likeness (QED) is 0.384. The number of urea groups is 1. The molecule has 1 aromatic heterocycles. The molecule has 33 heavy (non-hydrogen) atoms. The van der Waals surface area contributed by atoms with E-state index in [-0.39, 0.29) is 22.2 Å². The molecular weight excluding hydrogens is 480 g/mol. The fourth-order valence-electron chi connectivity index (χ4n) is 3.43. The van der Waals surface area contributed by atoms with Gasteiger partial charge in [-0.25, -0.2) is 27.0 Å². The number of sulfonamides is 1. The molecule has 2 amide bonds. The lowest BCUT2D eigenvalue weighted by atomic mass is 10.1. The second-order valence-corrected chi connectivity index (χ2v) is 8.93. The van der Waals surface area contributed by atoms with E-state index in [1.54, 1.807) is 0 Å². The average molecular weight is 496 g/mol. The lowest BCUT2D eigenvalue weighted by Gasteiger charge is -2.37. The lowest BCUT2D eigenvalue weighted by Crippen LogP contribution is -2.52. The topological polar surface area (TPSA) is 89.0 Å². The number of hydrogen-bond acceptors (Lipinski definition) is 6. The number of carbonyl (C=O) groups excluding carboxylic acids is 1.